The minimum absolute atomic E-state index is 0.225. The molecule has 1 heterocycles. The van der Waals surface area contributed by atoms with Gasteiger partial charge in [0.25, 0.3) is 0 Å². The molecule has 0 atom stereocenters. The third kappa shape index (κ3) is 2.81. The largest absolute Gasteiger partial charge is 0.379 e. The Morgan fingerprint density at radius 3 is 2.82 bits per heavy atom. The summed E-state index contributed by atoms with van der Waals surface area (Å²) in [5.41, 5.74) is 3.62. The highest BCUT2D eigenvalue weighted by Crippen LogP contribution is 2.17. The van der Waals surface area contributed by atoms with Crippen LogP contribution in [0.3, 0.4) is 0 Å². The average Bonchev–Trinajstić information content (AvgIpc) is 2.32. The zero-order valence-corrected chi connectivity index (χ0v) is 10.00. The molecule has 0 aliphatic carbocycles. The van der Waals surface area contributed by atoms with E-state index in [0.29, 0.717) is 12.2 Å². The van der Waals surface area contributed by atoms with Gasteiger partial charge >= 0.3 is 0 Å². The molecule has 0 aliphatic heterocycles. The van der Waals surface area contributed by atoms with Crippen molar-refractivity contribution in [1.82, 2.24) is 4.98 Å². The molecular formula is C14H15FN2. The number of benzene rings is 1. The van der Waals surface area contributed by atoms with E-state index < -0.39 is 0 Å². The fourth-order valence-corrected chi connectivity index (χ4v) is 1.67. The fraction of sp³-hybridized carbons (Fsp3) is 0.214. The second-order valence-corrected chi connectivity index (χ2v) is 4.08. The zero-order valence-electron chi connectivity index (χ0n) is 10.00. The van der Waals surface area contributed by atoms with E-state index >= 15 is 0 Å². The summed E-state index contributed by atoms with van der Waals surface area (Å²) in [6.45, 7) is 4.48. The maximum absolute atomic E-state index is 13.5. The standard InChI is InChI=1S/C14H15FN2/c1-10-5-6-13(15)14(8-10)17-9-12-4-3-7-16-11(12)2/h3-8,17H,9H2,1-2H3. The summed E-state index contributed by atoms with van der Waals surface area (Å²) in [4.78, 5) is 4.20. The molecule has 0 saturated heterocycles. The normalized spacial score (nSPS) is 10.3. The van der Waals surface area contributed by atoms with Crippen molar-refractivity contribution in [2.45, 2.75) is 20.4 Å². The summed E-state index contributed by atoms with van der Waals surface area (Å²) in [7, 11) is 0. The first-order valence-electron chi connectivity index (χ1n) is 5.57. The van der Waals surface area contributed by atoms with E-state index in [1.54, 1.807) is 18.3 Å². The molecule has 1 aromatic carbocycles. The molecule has 0 aliphatic rings. The van der Waals surface area contributed by atoms with Gasteiger partial charge in [-0.25, -0.2) is 4.39 Å². The number of nitrogens with zero attached hydrogens (tertiary/aromatic N) is 1. The number of rotatable bonds is 3. The van der Waals surface area contributed by atoms with Crippen molar-refractivity contribution in [2.75, 3.05) is 5.32 Å². The second-order valence-electron chi connectivity index (χ2n) is 4.08. The van der Waals surface area contributed by atoms with Gasteiger partial charge in [0.05, 0.1) is 5.69 Å². The van der Waals surface area contributed by atoms with Crippen molar-refractivity contribution in [3.05, 3.63) is 59.2 Å². The quantitative estimate of drug-likeness (QED) is 0.873. The van der Waals surface area contributed by atoms with Gasteiger partial charge in [-0.3, -0.25) is 4.98 Å². The van der Waals surface area contributed by atoms with E-state index in [9.17, 15) is 4.39 Å². The van der Waals surface area contributed by atoms with Gasteiger partial charge in [0.2, 0.25) is 0 Å². The van der Waals surface area contributed by atoms with Gasteiger partial charge in [-0.2, -0.15) is 0 Å². The Morgan fingerprint density at radius 1 is 1.24 bits per heavy atom. The number of halogens is 1. The van der Waals surface area contributed by atoms with Crippen molar-refractivity contribution in [3.8, 4) is 0 Å². The summed E-state index contributed by atoms with van der Waals surface area (Å²) in [5.74, 6) is -0.225. The maximum atomic E-state index is 13.5. The summed E-state index contributed by atoms with van der Waals surface area (Å²) in [5, 5.41) is 3.10. The number of hydrogen-bond donors (Lipinski definition) is 1. The predicted molar refractivity (Wildman–Crippen MR) is 67.4 cm³/mol. The molecule has 2 aromatic rings. The highest BCUT2D eigenvalue weighted by atomic mass is 19.1. The van der Waals surface area contributed by atoms with E-state index in [0.717, 1.165) is 16.8 Å². The molecular weight excluding hydrogens is 215 g/mol. The molecule has 17 heavy (non-hydrogen) atoms. The van der Waals surface area contributed by atoms with Crippen LogP contribution in [0.5, 0.6) is 0 Å². The van der Waals surface area contributed by atoms with Crippen LogP contribution in [0, 0.1) is 19.7 Å². The van der Waals surface area contributed by atoms with Gasteiger partial charge < -0.3 is 5.32 Å². The zero-order chi connectivity index (χ0) is 12.3. The van der Waals surface area contributed by atoms with Crippen LogP contribution >= 0.6 is 0 Å². The highest BCUT2D eigenvalue weighted by Gasteiger charge is 2.03. The maximum Gasteiger partial charge on any atom is 0.146 e. The molecule has 0 fully saturated rings. The Labute approximate surface area is 101 Å². The lowest BCUT2D eigenvalue weighted by molar-refractivity contribution is 0.629. The van der Waals surface area contributed by atoms with Gasteiger partial charge in [0.15, 0.2) is 0 Å². The third-order valence-corrected chi connectivity index (χ3v) is 2.71. The van der Waals surface area contributed by atoms with E-state index in [1.165, 1.54) is 6.07 Å². The Balaban J connectivity index is 2.12. The van der Waals surface area contributed by atoms with Gasteiger partial charge in [0, 0.05) is 18.4 Å². The van der Waals surface area contributed by atoms with E-state index in [-0.39, 0.29) is 5.82 Å². The van der Waals surface area contributed by atoms with Crippen LogP contribution < -0.4 is 5.32 Å². The molecule has 0 radical (unpaired) electrons. The van der Waals surface area contributed by atoms with Crippen molar-refractivity contribution in [1.29, 1.82) is 0 Å². The number of aromatic nitrogens is 1. The topological polar surface area (TPSA) is 24.9 Å². The highest BCUT2D eigenvalue weighted by molar-refractivity contribution is 5.47. The van der Waals surface area contributed by atoms with Crippen molar-refractivity contribution < 1.29 is 4.39 Å². The summed E-state index contributed by atoms with van der Waals surface area (Å²) in [6.07, 6.45) is 1.76. The molecule has 1 N–H and O–H groups in total. The SMILES string of the molecule is Cc1ccc(F)c(NCc2cccnc2C)c1. The summed E-state index contributed by atoms with van der Waals surface area (Å²) < 4.78 is 13.5. The minimum Gasteiger partial charge on any atom is -0.379 e. The number of aryl methyl sites for hydroxylation is 2. The Kier molecular flexibility index (Phi) is 3.38. The van der Waals surface area contributed by atoms with Crippen LogP contribution in [-0.2, 0) is 6.54 Å². The summed E-state index contributed by atoms with van der Waals surface area (Å²) in [6, 6.07) is 8.92. The first-order valence-corrected chi connectivity index (χ1v) is 5.57. The van der Waals surface area contributed by atoms with E-state index in [2.05, 4.69) is 10.3 Å². The van der Waals surface area contributed by atoms with Crippen LogP contribution in [0.2, 0.25) is 0 Å². The minimum atomic E-state index is -0.225. The Hall–Kier alpha value is -1.90. The second kappa shape index (κ2) is 4.95. The molecule has 0 bridgehead atoms. The van der Waals surface area contributed by atoms with Crippen LogP contribution in [-0.4, -0.2) is 4.98 Å². The molecule has 0 unspecified atom stereocenters. The third-order valence-electron chi connectivity index (χ3n) is 2.71. The average molecular weight is 230 g/mol. The smallest absolute Gasteiger partial charge is 0.146 e. The van der Waals surface area contributed by atoms with Gasteiger partial charge in [-0.05, 0) is 43.2 Å². The summed E-state index contributed by atoms with van der Waals surface area (Å²) >= 11 is 0. The van der Waals surface area contributed by atoms with Crippen LogP contribution in [0.4, 0.5) is 10.1 Å². The molecule has 3 heteroatoms. The lowest BCUT2D eigenvalue weighted by Gasteiger charge is -2.09. The lowest BCUT2D eigenvalue weighted by Crippen LogP contribution is -2.04. The molecule has 2 nitrogen and oxygen atoms in total. The van der Waals surface area contributed by atoms with E-state index in [4.69, 9.17) is 0 Å². The number of nitrogens with one attached hydrogen (secondary N) is 1. The van der Waals surface area contributed by atoms with Gasteiger partial charge in [0.1, 0.15) is 5.82 Å². The molecule has 0 saturated carbocycles. The molecule has 2 rings (SSSR count). The molecule has 1 aromatic heterocycles. The molecule has 88 valence electrons. The monoisotopic (exact) mass is 230 g/mol. The van der Waals surface area contributed by atoms with Crippen LogP contribution in [0.25, 0.3) is 0 Å². The van der Waals surface area contributed by atoms with Crippen LogP contribution in [0.15, 0.2) is 36.5 Å². The fourth-order valence-electron chi connectivity index (χ4n) is 1.67. The predicted octanol–water partition coefficient (Wildman–Crippen LogP) is 3.45. The van der Waals surface area contributed by atoms with Crippen molar-refractivity contribution in [2.24, 2.45) is 0 Å². The van der Waals surface area contributed by atoms with Crippen molar-refractivity contribution >= 4 is 5.69 Å². The number of hydrogen-bond acceptors (Lipinski definition) is 2. The van der Waals surface area contributed by atoms with Gasteiger partial charge in [-0.1, -0.05) is 12.1 Å². The van der Waals surface area contributed by atoms with E-state index in [1.807, 2.05) is 26.0 Å². The first-order chi connectivity index (χ1) is 8.16. The first kappa shape index (κ1) is 11.6. The lowest BCUT2D eigenvalue weighted by atomic mass is 10.2. The van der Waals surface area contributed by atoms with Gasteiger partial charge in [-0.15, -0.1) is 0 Å². The number of anilines is 1. The molecule has 0 amide bonds. The number of pyridine rings is 1. The van der Waals surface area contributed by atoms with Crippen molar-refractivity contribution in [3.63, 3.8) is 0 Å². The Bertz CT molecular complexity index is 523. The molecule has 0 spiro atoms. The Morgan fingerprint density at radius 2 is 2.06 bits per heavy atom. The van der Waals surface area contributed by atoms with Crippen LogP contribution in [0.1, 0.15) is 16.8 Å².